The number of rotatable bonds is 5. The molecule has 0 atom stereocenters. The molecule has 3 heterocycles. The Hall–Kier alpha value is -3.10. The van der Waals surface area contributed by atoms with Crippen LogP contribution < -0.4 is 15.0 Å². The number of ether oxygens (including phenoxy) is 1. The molecule has 0 radical (unpaired) electrons. The van der Waals surface area contributed by atoms with E-state index in [1.54, 1.807) is 36.1 Å². The minimum absolute atomic E-state index is 0.241. The smallest absolute Gasteiger partial charge is 0.281 e. The molecule has 0 aliphatic carbocycles. The highest BCUT2D eigenvalue weighted by molar-refractivity contribution is 7.80. The number of hydrogen-bond acceptors (Lipinski definition) is 5. The third kappa shape index (κ3) is 3.83. The van der Waals surface area contributed by atoms with E-state index in [2.05, 4.69) is 10.4 Å². The van der Waals surface area contributed by atoms with E-state index in [4.69, 9.17) is 33.0 Å². The number of halogens is 1. The van der Waals surface area contributed by atoms with Crippen LogP contribution in [0.2, 0.25) is 5.02 Å². The zero-order valence-electron chi connectivity index (χ0n) is 16.6. The van der Waals surface area contributed by atoms with Gasteiger partial charge in [-0.15, -0.1) is 0 Å². The van der Waals surface area contributed by atoms with Crippen LogP contribution in [-0.2, 0) is 18.4 Å². The number of amides is 1. The minimum Gasteiger partial charge on any atom is -0.485 e. The van der Waals surface area contributed by atoms with Crippen LogP contribution in [0.3, 0.4) is 0 Å². The van der Waals surface area contributed by atoms with Gasteiger partial charge in [-0.25, -0.2) is 4.90 Å². The SMILES string of the molecule is Cc1nn(C)cc1N1C(=O)/C(=C\c2ccc(COc3cccc(Cl)c3C)o2)NC1=S. The summed E-state index contributed by atoms with van der Waals surface area (Å²) in [4.78, 5) is 14.3. The van der Waals surface area contributed by atoms with Crippen LogP contribution in [0.1, 0.15) is 22.8 Å². The van der Waals surface area contributed by atoms with Gasteiger partial charge in [0.2, 0.25) is 0 Å². The van der Waals surface area contributed by atoms with Crippen LogP contribution in [0.15, 0.2) is 46.6 Å². The Morgan fingerprint density at radius 2 is 2.10 bits per heavy atom. The highest BCUT2D eigenvalue weighted by atomic mass is 35.5. The van der Waals surface area contributed by atoms with Crippen LogP contribution in [-0.4, -0.2) is 20.8 Å². The Morgan fingerprint density at radius 3 is 2.83 bits per heavy atom. The van der Waals surface area contributed by atoms with Crippen molar-refractivity contribution in [3.05, 3.63) is 70.0 Å². The van der Waals surface area contributed by atoms with Crippen LogP contribution in [0.5, 0.6) is 5.75 Å². The molecule has 2 aromatic heterocycles. The number of thiocarbonyl (C=S) groups is 1. The van der Waals surface area contributed by atoms with E-state index in [0.29, 0.717) is 44.5 Å². The lowest BCUT2D eigenvalue weighted by atomic mass is 10.2. The van der Waals surface area contributed by atoms with Crippen molar-refractivity contribution in [3.63, 3.8) is 0 Å². The molecule has 9 heteroatoms. The molecule has 0 spiro atoms. The van der Waals surface area contributed by atoms with Crippen LogP contribution in [0.25, 0.3) is 6.08 Å². The normalized spacial score (nSPS) is 15.2. The fraction of sp³-hybridized carbons (Fsp3) is 0.190. The largest absolute Gasteiger partial charge is 0.485 e. The summed E-state index contributed by atoms with van der Waals surface area (Å²) < 4.78 is 13.2. The fourth-order valence-electron chi connectivity index (χ4n) is 3.15. The lowest BCUT2D eigenvalue weighted by molar-refractivity contribution is -0.113. The van der Waals surface area contributed by atoms with Crippen LogP contribution >= 0.6 is 23.8 Å². The van der Waals surface area contributed by atoms with Gasteiger partial charge in [0.25, 0.3) is 5.91 Å². The highest BCUT2D eigenvalue weighted by Gasteiger charge is 2.34. The minimum atomic E-state index is -0.264. The molecule has 0 bridgehead atoms. The van der Waals surface area contributed by atoms with E-state index in [0.717, 1.165) is 5.56 Å². The number of anilines is 1. The second kappa shape index (κ2) is 7.97. The lowest BCUT2D eigenvalue weighted by Crippen LogP contribution is -2.30. The van der Waals surface area contributed by atoms with Gasteiger partial charge in [-0.1, -0.05) is 17.7 Å². The number of nitrogens with one attached hydrogen (secondary N) is 1. The molecule has 154 valence electrons. The Bertz CT molecular complexity index is 1180. The van der Waals surface area contributed by atoms with E-state index in [1.165, 1.54) is 4.90 Å². The van der Waals surface area contributed by atoms with Crippen molar-refractivity contribution in [1.82, 2.24) is 15.1 Å². The van der Waals surface area contributed by atoms with E-state index >= 15 is 0 Å². The molecule has 0 unspecified atom stereocenters. The van der Waals surface area contributed by atoms with E-state index in [9.17, 15) is 4.79 Å². The number of aryl methyl sites for hydroxylation is 2. The standard InChI is InChI=1S/C21H19ClN4O3S/c1-12-16(22)5-4-6-19(12)28-11-15-8-7-14(29-15)9-17-20(27)26(21(30)23-17)18-10-25(3)24-13(18)2/h4-10H,11H2,1-3H3,(H,23,30)/b17-9+. The number of carbonyl (C=O) groups excluding carboxylic acids is 1. The summed E-state index contributed by atoms with van der Waals surface area (Å²) in [5, 5.41) is 8.16. The number of furan rings is 1. The predicted octanol–water partition coefficient (Wildman–Crippen LogP) is 4.12. The van der Waals surface area contributed by atoms with Crippen molar-refractivity contribution in [2.45, 2.75) is 20.5 Å². The third-order valence-corrected chi connectivity index (χ3v) is 5.36. The maximum absolute atomic E-state index is 12.9. The van der Waals surface area contributed by atoms with Crippen molar-refractivity contribution in [3.8, 4) is 5.75 Å². The maximum Gasteiger partial charge on any atom is 0.281 e. The first-order valence-corrected chi connectivity index (χ1v) is 9.96. The quantitative estimate of drug-likeness (QED) is 0.473. The monoisotopic (exact) mass is 442 g/mol. The summed E-state index contributed by atoms with van der Waals surface area (Å²) in [6.07, 6.45) is 3.37. The second-order valence-electron chi connectivity index (χ2n) is 6.86. The van der Waals surface area contributed by atoms with Crippen molar-refractivity contribution in [2.75, 3.05) is 4.90 Å². The molecule has 1 aliphatic heterocycles. The molecule has 1 aromatic carbocycles. The van der Waals surface area contributed by atoms with Gasteiger partial charge in [0, 0.05) is 29.9 Å². The summed E-state index contributed by atoms with van der Waals surface area (Å²) in [7, 11) is 1.79. The summed E-state index contributed by atoms with van der Waals surface area (Å²) in [5.74, 6) is 1.56. The Morgan fingerprint density at radius 1 is 1.30 bits per heavy atom. The molecule has 3 aromatic rings. The Kier molecular flexibility index (Phi) is 5.36. The van der Waals surface area contributed by atoms with Crippen molar-refractivity contribution in [1.29, 1.82) is 0 Å². The van der Waals surface area contributed by atoms with Gasteiger partial charge in [0.15, 0.2) is 5.11 Å². The average molecular weight is 443 g/mol. The van der Waals surface area contributed by atoms with Gasteiger partial charge < -0.3 is 14.5 Å². The summed E-state index contributed by atoms with van der Waals surface area (Å²) >= 11 is 11.5. The van der Waals surface area contributed by atoms with Crippen molar-refractivity contribution >= 4 is 46.6 Å². The fourth-order valence-corrected chi connectivity index (χ4v) is 3.60. The molecule has 4 rings (SSSR count). The number of benzene rings is 1. The topological polar surface area (TPSA) is 72.5 Å². The summed E-state index contributed by atoms with van der Waals surface area (Å²) in [6.45, 7) is 3.96. The molecule has 1 saturated heterocycles. The van der Waals surface area contributed by atoms with Gasteiger partial charge in [-0.2, -0.15) is 5.10 Å². The number of hydrogen-bond donors (Lipinski definition) is 1. The van der Waals surface area contributed by atoms with E-state index in [-0.39, 0.29) is 12.5 Å². The highest BCUT2D eigenvalue weighted by Crippen LogP contribution is 2.27. The van der Waals surface area contributed by atoms with Gasteiger partial charge >= 0.3 is 0 Å². The van der Waals surface area contributed by atoms with E-state index < -0.39 is 0 Å². The molecular formula is C21H19ClN4O3S. The van der Waals surface area contributed by atoms with Crippen molar-refractivity contribution < 1.29 is 13.9 Å². The molecule has 1 aliphatic rings. The second-order valence-corrected chi connectivity index (χ2v) is 7.65. The number of nitrogens with zero attached hydrogens (tertiary/aromatic N) is 3. The maximum atomic E-state index is 12.9. The first-order valence-electron chi connectivity index (χ1n) is 9.17. The molecule has 7 nitrogen and oxygen atoms in total. The van der Waals surface area contributed by atoms with Gasteiger partial charge in [0.05, 0.1) is 11.4 Å². The molecule has 1 amide bonds. The lowest BCUT2D eigenvalue weighted by Gasteiger charge is -2.11. The molecule has 1 N–H and O–H groups in total. The average Bonchev–Trinajstić information content (AvgIpc) is 3.35. The molecule has 0 saturated carbocycles. The van der Waals surface area contributed by atoms with Crippen molar-refractivity contribution in [2.24, 2.45) is 7.05 Å². The molecule has 30 heavy (non-hydrogen) atoms. The first kappa shape index (κ1) is 20.2. The van der Waals surface area contributed by atoms with E-state index in [1.807, 2.05) is 32.0 Å². The Labute approximate surface area is 183 Å². The first-order chi connectivity index (χ1) is 14.3. The summed E-state index contributed by atoms with van der Waals surface area (Å²) in [6, 6.07) is 9.07. The predicted molar refractivity (Wildman–Crippen MR) is 118 cm³/mol. The zero-order valence-corrected chi connectivity index (χ0v) is 18.2. The van der Waals surface area contributed by atoms with Crippen LogP contribution in [0.4, 0.5) is 5.69 Å². The van der Waals surface area contributed by atoms with Gasteiger partial charge in [-0.05, 0) is 50.3 Å². The van der Waals surface area contributed by atoms with Crippen LogP contribution in [0, 0.1) is 13.8 Å². The van der Waals surface area contributed by atoms with Gasteiger partial charge in [0.1, 0.15) is 29.6 Å². The number of aromatic nitrogens is 2. The molecular weight excluding hydrogens is 424 g/mol. The summed E-state index contributed by atoms with van der Waals surface area (Å²) in [5.41, 5.74) is 2.56. The zero-order chi connectivity index (χ0) is 21.4. The third-order valence-electron chi connectivity index (χ3n) is 4.66. The van der Waals surface area contributed by atoms with Gasteiger partial charge in [-0.3, -0.25) is 9.48 Å². The molecule has 1 fully saturated rings. The Balaban J connectivity index is 1.49. The number of carbonyl (C=O) groups is 1.